The molecule has 1 aromatic heterocycles. The average molecular weight is 486 g/mol. The van der Waals surface area contributed by atoms with Gasteiger partial charge in [0.05, 0.1) is 26.1 Å². The molecule has 0 spiro atoms. The fourth-order valence-electron chi connectivity index (χ4n) is 3.01. The number of aromatic nitrogens is 3. The molecule has 10 nitrogen and oxygen atoms in total. The van der Waals surface area contributed by atoms with Crippen molar-refractivity contribution >= 4 is 23.7 Å². The van der Waals surface area contributed by atoms with E-state index in [-0.39, 0.29) is 5.75 Å². The van der Waals surface area contributed by atoms with E-state index >= 15 is 0 Å². The van der Waals surface area contributed by atoms with Crippen LogP contribution < -0.4 is 20.1 Å². The summed E-state index contributed by atoms with van der Waals surface area (Å²) in [6.07, 6.45) is 0. The summed E-state index contributed by atoms with van der Waals surface area (Å²) in [7, 11) is 3.13. The molecular weight excluding hydrogens is 458 g/mol. The number of thioether (sulfide) groups is 1. The lowest BCUT2D eigenvalue weighted by atomic mass is 10.2. The lowest BCUT2D eigenvalue weighted by Gasteiger charge is -2.12. The number of ether oxygens (including phenoxy) is 3. The molecule has 180 valence electrons. The number of carbonyl (C=O) groups is 2. The predicted molar refractivity (Wildman–Crippen MR) is 129 cm³/mol. The van der Waals surface area contributed by atoms with Gasteiger partial charge in [0.25, 0.3) is 0 Å². The van der Waals surface area contributed by atoms with Gasteiger partial charge < -0.3 is 19.5 Å². The fraction of sp³-hybridized carbons (Fsp3) is 0.304. The highest BCUT2D eigenvalue weighted by molar-refractivity contribution is 7.99. The molecule has 0 aliphatic carbocycles. The Labute approximate surface area is 202 Å². The maximum absolute atomic E-state index is 12.3. The summed E-state index contributed by atoms with van der Waals surface area (Å²) in [5.41, 5.74) is 1.60. The van der Waals surface area contributed by atoms with Crippen LogP contribution >= 0.6 is 11.8 Å². The number of hydrogen-bond acceptors (Lipinski definition) is 8. The molecule has 2 aromatic carbocycles. The van der Waals surface area contributed by atoms with Crippen molar-refractivity contribution < 1.29 is 23.8 Å². The molecule has 0 bridgehead atoms. The summed E-state index contributed by atoms with van der Waals surface area (Å²) in [6.45, 7) is 3.15. The molecule has 0 fully saturated rings. The minimum absolute atomic E-state index is 0.0228. The number of nitrogens with zero attached hydrogens (tertiary/aromatic N) is 3. The first-order chi connectivity index (χ1) is 16.5. The largest absolute Gasteiger partial charge is 0.497 e. The van der Waals surface area contributed by atoms with Gasteiger partial charge in [-0.25, -0.2) is 4.79 Å². The van der Waals surface area contributed by atoms with E-state index in [1.165, 1.54) is 18.9 Å². The van der Waals surface area contributed by atoms with Gasteiger partial charge in [0, 0.05) is 24.9 Å². The lowest BCUT2D eigenvalue weighted by molar-refractivity contribution is -0.117. The third-order valence-electron chi connectivity index (χ3n) is 4.54. The van der Waals surface area contributed by atoms with Crippen molar-refractivity contribution in [2.75, 3.05) is 39.7 Å². The molecule has 0 aliphatic rings. The van der Waals surface area contributed by atoms with Gasteiger partial charge >= 0.3 is 6.03 Å². The van der Waals surface area contributed by atoms with Crippen molar-refractivity contribution in [3.05, 3.63) is 48.5 Å². The van der Waals surface area contributed by atoms with Gasteiger partial charge in [0.2, 0.25) is 5.91 Å². The topological polar surface area (TPSA) is 117 Å². The van der Waals surface area contributed by atoms with Gasteiger partial charge in [-0.05, 0) is 43.3 Å². The zero-order valence-corrected chi connectivity index (χ0v) is 20.1. The highest BCUT2D eigenvalue weighted by atomic mass is 32.2. The number of hydrogen-bond donors (Lipinski definition) is 2. The van der Waals surface area contributed by atoms with Crippen LogP contribution in [0.5, 0.6) is 11.5 Å². The van der Waals surface area contributed by atoms with Gasteiger partial charge in [0.1, 0.15) is 11.5 Å². The Balaban J connectivity index is 1.83. The van der Waals surface area contributed by atoms with E-state index < -0.39 is 11.9 Å². The third kappa shape index (κ3) is 6.72. The summed E-state index contributed by atoms with van der Waals surface area (Å²) < 4.78 is 17.6. The van der Waals surface area contributed by atoms with Gasteiger partial charge in [-0.1, -0.05) is 23.9 Å². The molecule has 3 rings (SSSR count). The van der Waals surface area contributed by atoms with Crippen molar-refractivity contribution in [3.63, 3.8) is 0 Å². The molecule has 2 N–H and O–H groups in total. The van der Waals surface area contributed by atoms with Gasteiger partial charge in [0.15, 0.2) is 11.0 Å². The van der Waals surface area contributed by atoms with E-state index in [4.69, 9.17) is 14.2 Å². The van der Waals surface area contributed by atoms with E-state index in [2.05, 4.69) is 20.8 Å². The van der Waals surface area contributed by atoms with E-state index in [9.17, 15) is 9.59 Å². The van der Waals surface area contributed by atoms with Gasteiger partial charge in [-0.15, -0.1) is 10.2 Å². The first-order valence-corrected chi connectivity index (χ1v) is 11.6. The van der Waals surface area contributed by atoms with Crippen LogP contribution in [0, 0.1) is 0 Å². The molecular formula is C23H27N5O5S. The van der Waals surface area contributed by atoms with Crippen LogP contribution in [0.1, 0.15) is 6.92 Å². The first-order valence-electron chi connectivity index (χ1n) is 10.6. The molecule has 0 saturated carbocycles. The zero-order valence-electron chi connectivity index (χ0n) is 19.2. The Hall–Kier alpha value is -3.57. The molecule has 0 unspecified atom stereocenters. The summed E-state index contributed by atoms with van der Waals surface area (Å²) in [5.74, 6) is 1.54. The number of urea groups is 1. The van der Waals surface area contributed by atoms with Crippen LogP contribution in [0.2, 0.25) is 0 Å². The van der Waals surface area contributed by atoms with Crippen LogP contribution in [0.3, 0.4) is 0 Å². The van der Waals surface area contributed by atoms with Crippen LogP contribution in [0.25, 0.3) is 17.1 Å². The fourth-order valence-corrected chi connectivity index (χ4v) is 3.76. The second kappa shape index (κ2) is 12.6. The Kier molecular flexibility index (Phi) is 9.30. The van der Waals surface area contributed by atoms with Crippen molar-refractivity contribution in [1.82, 2.24) is 25.4 Å². The second-order valence-corrected chi connectivity index (χ2v) is 7.83. The van der Waals surface area contributed by atoms with Crippen LogP contribution in [0.15, 0.2) is 53.7 Å². The SMILES string of the molecule is CCOc1ccc(-n2c(SCC(=O)NC(=O)NCCOC)nnc2-c2cccc(OC)c2)cc1. The quantitative estimate of drug-likeness (QED) is 0.315. The smallest absolute Gasteiger partial charge is 0.321 e. The number of benzene rings is 2. The summed E-state index contributed by atoms with van der Waals surface area (Å²) in [6, 6.07) is 14.4. The van der Waals surface area contributed by atoms with Gasteiger partial charge in [-0.3, -0.25) is 14.7 Å². The van der Waals surface area contributed by atoms with E-state index in [0.717, 1.165) is 17.0 Å². The minimum atomic E-state index is -0.576. The normalized spacial score (nSPS) is 10.6. The number of amides is 3. The van der Waals surface area contributed by atoms with Crippen molar-refractivity contribution in [2.45, 2.75) is 12.1 Å². The summed E-state index contributed by atoms with van der Waals surface area (Å²) >= 11 is 1.17. The summed E-state index contributed by atoms with van der Waals surface area (Å²) in [4.78, 5) is 24.1. The molecule has 34 heavy (non-hydrogen) atoms. The Bertz CT molecular complexity index is 1100. The third-order valence-corrected chi connectivity index (χ3v) is 5.47. The Morgan fingerprint density at radius 3 is 2.56 bits per heavy atom. The van der Waals surface area contributed by atoms with Crippen molar-refractivity contribution in [2.24, 2.45) is 0 Å². The predicted octanol–water partition coefficient (Wildman–Crippen LogP) is 2.91. The number of carbonyl (C=O) groups excluding carboxylic acids is 2. The van der Waals surface area contributed by atoms with Crippen LogP contribution in [-0.4, -0.2) is 66.4 Å². The Morgan fingerprint density at radius 1 is 1.06 bits per heavy atom. The van der Waals surface area contributed by atoms with Gasteiger partial charge in [-0.2, -0.15) is 0 Å². The first kappa shape index (κ1) is 25.1. The minimum Gasteiger partial charge on any atom is -0.497 e. The van der Waals surface area contributed by atoms with Crippen molar-refractivity contribution in [1.29, 1.82) is 0 Å². The lowest BCUT2D eigenvalue weighted by Crippen LogP contribution is -2.41. The second-order valence-electron chi connectivity index (χ2n) is 6.89. The maximum atomic E-state index is 12.3. The number of imide groups is 1. The average Bonchev–Trinajstić information content (AvgIpc) is 3.27. The zero-order chi connectivity index (χ0) is 24.3. The van der Waals surface area contributed by atoms with E-state index in [0.29, 0.717) is 36.5 Å². The maximum Gasteiger partial charge on any atom is 0.321 e. The van der Waals surface area contributed by atoms with Crippen LogP contribution in [0.4, 0.5) is 4.79 Å². The molecule has 0 saturated heterocycles. The van der Waals surface area contributed by atoms with Crippen molar-refractivity contribution in [3.8, 4) is 28.6 Å². The highest BCUT2D eigenvalue weighted by Crippen LogP contribution is 2.30. The highest BCUT2D eigenvalue weighted by Gasteiger charge is 2.18. The molecule has 1 heterocycles. The molecule has 3 amide bonds. The number of methoxy groups -OCH3 is 2. The monoisotopic (exact) mass is 485 g/mol. The summed E-state index contributed by atoms with van der Waals surface area (Å²) in [5, 5.41) is 14.0. The number of nitrogens with one attached hydrogen (secondary N) is 2. The molecule has 3 aromatic rings. The molecule has 11 heteroatoms. The Morgan fingerprint density at radius 2 is 1.85 bits per heavy atom. The number of rotatable bonds is 11. The molecule has 0 atom stereocenters. The standard InChI is InChI=1S/C23H27N5O5S/c1-4-33-18-10-8-17(9-11-18)28-21(16-6-5-7-19(14-16)32-3)26-27-23(28)34-15-20(29)25-22(30)24-12-13-31-2/h5-11,14H,4,12-13,15H2,1-3H3,(H2,24,25,29,30). The molecule has 0 aliphatic heterocycles. The molecule has 0 radical (unpaired) electrons. The van der Waals surface area contributed by atoms with E-state index in [1.807, 2.05) is 60.0 Å². The van der Waals surface area contributed by atoms with E-state index in [1.54, 1.807) is 7.11 Å². The van der Waals surface area contributed by atoms with Crippen LogP contribution in [-0.2, 0) is 9.53 Å².